The van der Waals surface area contributed by atoms with Crippen LogP contribution in [0.2, 0.25) is 0 Å². The van der Waals surface area contributed by atoms with Crippen LogP contribution in [0, 0.1) is 0 Å². The normalized spacial score (nSPS) is 13.1. The van der Waals surface area contributed by atoms with Gasteiger partial charge in [-0.3, -0.25) is 4.79 Å². The van der Waals surface area contributed by atoms with Gasteiger partial charge in [0.25, 0.3) is 0 Å². The zero-order valence-electron chi connectivity index (χ0n) is 10.3. The number of aliphatic carboxylic acids is 1. The van der Waals surface area contributed by atoms with Crippen molar-refractivity contribution in [3.63, 3.8) is 0 Å². The molecule has 2 aromatic rings. The molecule has 0 bridgehead atoms. The summed E-state index contributed by atoms with van der Waals surface area (Å²) in [6.07, 6.45) is 1.70. The number of nitrogens with zero attached hydrogens (tertiary/aromatic N) is 1. The molecule has 0 saturated heterocycles. The first kappa shape index (κ1) is 12.4. The van der Waals surface area contributed by atoms with Gasteiger partial charge in [-0.2, -0.15) is 0 Å². The highest BCUT2D eigenvalue weighted by molar-refractivity contribution is 5.92. The first-order valence-electron chi connectivity index (χ1n) is 5.74. The number of fused-ring (bicyclic) bond motifs is 1. The number of carboxylic acids is 1. The average molecular weight is 248 g/mol. The number of hydrogen-bond donors (Lipinski definition) is 3. The third-order valence-electron chi connectivity index (χ3n) is 3.02. The topological polar surface area (TPSA) is 88.5 Å². The number of benzene rings is 1. The van der Waals surface area contributed by atoms with Gasteiger partial charge < -0.3 is 20.5 Å². The highest BCUT2D eigenvalue weighted by atomic mass is 16.4. The molecule has 4 N–H and O–H groups in total. The van der Waals surface area contributed by atoms with Crippen LogP contribution in [0.1, 0.15) is 31.5 Å². The van der Waals surface area contributed by atoms with Crippen molar-refractivity contribution in [2.45, 2.75) is 25.9 Å². The molecule has 0 spiro atoms. The van der Waals surface area contributed by atoms with Crippen molar-refractivity contribution >= 4 is 16.9 Å². The predicted molar refractivity (Wildman–Crippen MR) is 68.6 cm³/mol. The molecule has 1 heterocycles. The Hall–Kier alpha value is -2.01. The maximum atomic E-state index is 11.0. The molecule has 1 atom stereocenters. The summed E-state index contributed by atoms with van der Waals surface area (Å²) in [6, 6.07) is 4.05. The maximum Gasteiger partial charge on any atom is 0.325 e. The van der Waals surface area contributed by atoms with Gasteiger partial charge in [0.1, 0.15) is 11.8 Å². The summed E-state index contributed by atoms with van der Waals surface area (Å²) in [5.74, 6) is -0.953. The number of phenolic OH excluding ortho intramolecular Hbond substituents is 1. The second-order valence-electron chi connectivity index (χ2n) is 4.57. The van der Waals surface area contributed by atoms with Crippen molar-refractivity contribution in [3.05, 3.63) is 30.0 Å². The van der Waals surface area contributed by atoms with Gasteiger partial charge in [0.15, 0.2) is 0 Å². The molecule has 5 nitrogen and oxygen atoms in total. The number of carbonyl (C=O) groups is 1. The summed E-state index contributed by atoms with van der Waals surface area (Å²) in [6.45, 7) is 3.92. The van der Waals surface area contributed by atoms with Crippen molar-refractivity contribution in [1.82, 2.24) is 4.57 Å². The molecular formula is C13H16N2O3. The molecule has 0 aliphatic rings. The fraction of sp³-hybridized carbons (Fsp3) is 0.308. The van der Waals surface area contributed by atoms with E-state index in [1.807, 2.05) is 18.4 Å². The van der Waals surface area contributed by atoms with Crippen LogP contribution in [0.15, 0.2) is 24.4 Å². The quantitative estimate of drug-likeness (QED) is 0.775. The Labute approximate surface area is 104 Å². The summed E-state index contributed by atoms with van der Waals surface area (Å²) >= 11 is 0. The molecule has 96 valence electrons. The standard InChI is InChI=1S/C13H16N2O3/c1-7(2)15-6-9(11(14)13(17)18)8-4-3-5-10(16)12(8)15/h3-7,11,16H,14H2,1-2H3,(H,17,18). The van der Waals surface area contributed by atoms with Gasteiger partial charge in [0.05, 0.1) is 5.52 Å². The summed E-state index contributed by atoms with van der Waals surface area (Å²) in [5, 5.41) is 19.6. The number of hydrogen-bond acceptors (Lipinski definition) is 3. The highest BCUT2D eigenvalue weighted by Gasteiger charge is 2.22. The summed E-state index contributed by atoms with van der Waals surface area (Å²) in [4.78, 5) is 11.0. The zero-order valence-corrected chi connectivity index (χ0v) is 10.3. The second-order valence-corrected chi connectivity index (χ2v) is 4.57. The van der Waals surface area contributed by atoms with Crippen molar-refractivity contribution in [3.8, 4) is 5.75 Å². The Balaban J connectivity index is 2.77. The largest absolute Gasteiger partial charge is 0.506 e. The average Bonchev–Trinajstić information content (AvgIpc) is 2.69. The number of phenols is 1. The number of nitrogens with two attached hydrogens (primary N) is 1. The van der Waals surface area contributed by atoms with Gasteiger partial charge in [-0.05, 0) is 19.9 Å². The first-order valence-corrected chi connectivity index (χ1v) is 5.74. The van der Waals surface area contributed by atoms with Crippen LogP contribution >= 0.6 is 0 Å². The van der Waals surface area contributed by atoms with E-state index in [0.29, 0.717) is 16.5 Å². The van der Waals surface area contributed by atoms with E-state index in [1.54, 1.807) is 24.4 Å². The molecule has 0 aliphatic heterocycles. The zero-order chi connectivity index (χ0) is 13.4. The number of carboxylic acid groups (broad SMARTS) is 1. The first-order chi connectivity index (χ1) is 8.43. The lowest BCUT2D eigenvalue weighted by Crippen LogP contribution is -2.20. The van der Waals surface area contributed by atoms with E-state index in [4.69, 9.17) is 10.8 Å². The Morgan fingerprint density at radius 2 is 2.06 bits per heavy atom. The predicted octanol–water partition coefficient (Wildman–Crippen LogP) is 2.01. The molecule has 1 aromatic heterocycles. The Kier molecular flexibility index (Phi) is 3.00. The molecule has 0 aliphatic carbocycles. The summed E-state index contributed by atoms with van der Waals surface area (Å²) in [5.41, 5.74) is 6.81. The Morgan fingerprint density at radius 3 is 2.61 bits per heavy atom. The SMILES string of the molecule is CC(C)n1cc(C(N)C(=O)O)c2cccc(O)c21. The minimum Gasteiger partial charge on any atom is -0.506 e. The van der Waals surface area contributed by atoms with Crippen LogP contribution in [0.5, 0.6) is 5.75 Å². The third-order valence-corrected chi connectivity index (χ3v) is 3.02. The van der Waals surface area contributed by atoms with Crippen molar-refractivity contribution in [1.29, 1.82) is 0 Å². The van der Waals surface area contributed by atoms with E-state index in [1.165, 1.54) is 0 Å². The number of rotatable bonds is 3. The minimum absolute atomic E-state index is 0.107. The number of aromatic hydroxyl groups is 1. The van der Waals surface area contributed by atoms with Crippen LogP contribution in [-0.4, -0.2) is 20.7 Å². The van der Waals surface area contributed by atoms with Gasteiger partial charge in [0.2, 0.25) is 0 Å². The Bertz CT molecular complexity index is 602. The van der Waals surface area contributed by atoms with E-state index in [2.05, 4.69) is 0 Å². The van der Waals surface area contributed by atoms with E-state index in [9.17, 15) is 9.90 Å². The third kappa shape index (κ3) is 1.82. The molecule has 2 rings (SSSR count). The second kappa shape index (κ2) is 4.34. The molecule has 18 heavy (non-hydrogen) atoms. The lowest BCUT2D eigenvalue weighted by Gasteiger charge is -2.09. The molecule has 1 aromatic carbocycles. The van der Waals surface area contributed by atoms with Gasteiger partial charge in [-0.1, -0.05) is 12.1 Å². The van der Waals surface area contributed by atoms with Crippen LogP contribution < -0.4 is 5.73 Å². The van der Waals surface area contributed by atoms with Crippen molar-refractivity contribution < 1.29 is 15.0 Å². The minimum atomic E-state index is -1.09. The van der Waals surface area contributed by atoms with Gasteiger partial charge >= 0.3 is 5.97 Å². The smallest absolute Gasteiger partial charge is 0.325 e. The molecule has 0 saturated carbocycles. The van der Waals surface area contributed by atoms with Crippen LogP contribution in [-0.2, 0) is 4.79 Å². The molecule has 0 amide bonds. The monoisotopic (exact) mass is 248 g/mol. The fourth-order valence-electron chi connectivity index (χ4n) is 2.11. The molecule has 1 unspecified atom stereocenters. The van der Waals surface area contributed by atoms with Gasteiger partial charge in [-0.15, -0.1) is 0 Å². The molecule has 0 fully saturated rings. The van der Waals surface area contributed by atoms with Crippen molar-refractivity contribution in [2.75, 3.05) is 0 Å². The molecule has 5 heteroatoms. The number of para-hydroxylation sites is 1. The van der Waals surface area contributed by atoms with Crippen LogP contribution in [0.4, 0.5) is 0 Å². The summed E-state index contributed by atoms with van der Waals surface area (Å²) in [7, 11) is 0. The molecule has 0 radical (unpaired) electrons. The van der Waals surface area contributed by atoms with Crippen molar-refractivity contribution in [2.24, 2.45) is 5.73 Å². The fourth-order valence-corrected chi connectivity index (χ4v) is 2.11. The maximum absolute atomic E-state index is 11.0. The lowest BCUT2D eigenvalue weighted by molar-refractivity contribution is -0.138. The number of aromatic nitrogens is 1. The lowest BCUT2D eigenvalue weighted by atomic mass is 10.1. The highest BCUT2D eigenvalue weighted by Crippen LogP contribution is 2.33. The van der Waals surface area contributed by atoms with E-state index < -0.39 is 12.0 Å². The molecular weight excluding hydrogens is 232 g/mol. The van der Waals surface area contributed by atoms with Crippen LogP contribution in [0.3, 0.4) is 0 Å². The van der Waals surface area contributed by atoms with E-state index in [-0.39, 0.29) is 11.8 Å². The van der Waals surface area contributed by atoms with E-state index >= 15 is 0 Å². The van der Waals surface area contributed by atoms with E-state index in [0.717, 1.165) is 0 Å². The summed E-state index contributed by atoms with van der Waals surface area (Å²) < 4.78 is 1.84. The Morgan fingerprint density at radius 1 is 1.39 bits per heavy atom. The van der Waals surface area contributed by atoms with Gasteiger partial charge in [-0.25, -0.2) is 0 Å². The van der Waals surface area contributed by atoms with Crippen LogP contribution in [0.25, 0.3) is 10.9 Å². The van der Waals surface area contributed by atoms with Gasteiger partial charge in [0, 0.05) is 23.2 Å².